The first-order valence-electron chi connectivity index (χ1n) is 10.5. The Kier molecular flexibility index (Phi) is 6.22. The van der Waals surface area contributed by atoms with Crippen molar-refractivity contribution in [3.63, 3.8) is 0 Å². The second kappa shape index (κ2) is 9.07. The van der Waals surface area contributed by atoms with E-state index in [9.17, 15) is 19.8 Å². The van der Waals surface area contributed by atoms with E-state index in [0.717, 1.165) is 20.9 Å². The van der Waals surface area contributed by atoms with E-state index in [0.29, 0.717) is 13.0 Å². The molecule has 1 unspecified atom stereocenters. The molecule has 1 aliphatic rings. The molecule has 1 aliphatic heterocycles. The number of benzene rings is 2. The lowest BCUT2D eigenvalue weighted by atomic mass is 10.0. The zero-order valence-electron chi connectivity index (χ0n) is 17.6. The maximum absolute atomic E-state index is 12.7. The molecule has 1 amide bonds. The second-order valence-electron chi connectivity index (χ2n) is 8.01. The smallest absolute Gasteiger partial charge is 0.351 e. The number of nitrogens with zero attached hydrogens (tertiary/aromatic N) is 2. The number of carbonyl (C=O) groups excluding carboxylic acids is 1. The third-order valence-corrected chi connectivity index (χ3v) is 5.88. The first-order valence-corrected chi connectivity index (χ1v) is 10.5. The fourth-order valence-corrected chi connectivity index (χ4v) is 4.01. The number of fused-ring (bicyclic) bond motifs is 1. The minimum atomic E-state index is -0.950. The van der Waals surface area contributed by atoms with Crippen molar-refractivity contribution in [3.05, 3.63) is 70.3 Å². The largest absolute Gasteiger partial charge is 0.394 e. The number of aliphatic hydroxyl groups excluding tert-OH is 2. The van der Waals surface area contributed by atoms with Crippen molar-refractivity contribution in [3.8, 4) is 0 Å². The highest BCUT2D eigenvalue weighted by Crippen LogP contribution is 2.33. The Hall–Kier alpha value is -3.27. The van der Waals surface area contributed by atoms with Crippen LogP contribution in [0.1, 0.15) is 29.1 Å². The quantitative estimate of drug-likeness (QED) is 0.447. The number of amides is 1. The average molecular weight is 438 g/mol. The molecule has 168 valence electrons. The molecule has 1 saturated heterocycles. The molecular formula is C23H26N4O5. The number of ether oxygens (including phenoxy) is 1. The van der Waals surface area contributed by atoms with Crippen molar-refractivity contribution in [2.45, 2.75) is 31.8 Å². The Balaban J connectivity index is 1.47. The van der Waals surface area contributed by atoms with E-state index in [-0.39, 0.29) is 18.0 Å². The predicted octanol–water partition coefficient (Wildman–Crippen LogP) is 0.838. The first-order chi connectivity index (χ1) is 15.4. The van der Waals surface area contributed by atoms with Crippen LogP contribution < -0.4 is 16.7 Å². The second-order valence-corrected chi connectivity index (χ2v) is 8.01. The van der Waals surface area contributed by atoms with Crippen LogP contribution in [0.3, 0.4) is 0 Å². The Bertz CT molecular complexity index is 1190. The SMILES string of the molecule is C[C@H]1C(O)[C@@H](CO)O[C@H]1n1cc(C(=O)NCCc2ccc3ccccc3c2)c(N)nc1=O. The number of hydrogen-bond donors (Lipinski definition) is 4. The van der Waals surface area contributed by atoms with Gasteiger partial charge in [0.05, 0.1) is 18.3 Å². The lowest BCUT2D eigenvalue weighted by Crippen LogP contribution is -2.34. The summed E-state index contributed by atoms with van der Waals surface area (Å²) >= 11 is 0. The lowest BCUT2D eigenvalue weighted by Gasteiger charge is -2.19. The number of nitrogens with one attached hydrogen (secondary N) is 1. The van der Waals surface area contributed by atoms with Crippen molar-refractivity contribution >= 4 is 22.5 Å². The molecule has 0 spiro atoms. The zero-order chi connectivity index (χ0) is 22.8. The van der Waals surface area contributed by atoms with Gasteiger partial charge in [0.2, 0.25) is 0 Å². The summed E-state index contributed by atoms with van der Waals surface area (Å²) in [4.78, 5) is 28.9. The first kappa shape index (κ1) is 21.9. The molecule has 1 fully saturated rings. The standard InChI is InChI=1S/C23H26N4O5/c1-13-19(29)18(12-28)32-22(13)27-11-17(20(24)26-23(27)31)21(30)25-9-8-14-6-7-15-4-2-3-5-16(15)10-14/h2-7,10-11,13,18-19,22,28-29H,8-9,12H2,1H3,(H,25,30)(H2,24,26,31)/t13-,18+,19?,22+/m0/s1. The number of hydrogen-bond acceptors (Lipinski definition) is 7. The van der Waals surface area contributed by atoms with Gasteiger partial charge in [0.1, 0.15) is 18.1 Å². The Morgan fingerprint density at radius 2 is 2.00 bits per heavy atom. The van der Waals surface area contributed by atoms with Crippen molar-refractivity contribution in [1.29, 1.82) is 0 Å². The fourth-order valence-electron chi connectivity index (χ4n) is 4.01. The third-order valence-electron chi connectivity index (χ3n) is 5.88. The number of nitrogen functional groups attached to an aromatic ring is 1. The molecule has 0 bridgehead atoms. The number of aromatic nitrogens is 2. The van der Waals surface area contributed by atoms with E-state index in [1.54, 1.807) is 6.92 Å². The van der Waals surface area contributed by atoms with Gasteiger partial charge in [-0.25, -0.2) is 4.79 Å². The molecule has 4 rings (SSSR count). The van der Waals surface area contributed by atoms with E-state index in [2.05, 4.69) is 16.4 Å². The number of aliphatic hydroxyl groups is 2. The highest BCUT2D eigenvalue weighted by Gasteiger charge is 2.42. The highest BCUT2D eigenvalue weighted by molar-refractivity contribution is 5.97. The molecule has 9 nitrogen and oxygen atoms in total. The van der Waals surface area contributed by atoms with Crippen molar-refractivity contribution in [2.24, 2.45) is 5.92 Å². The Morgan fingerprint density at radius 3 is 2.72 bits per heavy atom. The van der Waals surface area contributed by atoms with Gasteiger partial charge in [-0.05, 0) is 22.8 Å². The maximum Gasteiger partial charge on any atom is 0.351 e. The Labute approximate surface area is 184 Å². The van der Waals surface area contributed by atoms with E-state index in [1.165, 1.54) is 6.20 Å². The van der Waals surface area contributed by atoms with Crippen molar-refractivity contribution in [2.75, 3.05) is 18.9 Å². The molecule has 3 aromatic rings. The summed E-state index contributed by atoms with van der Waals surface area (Å²) in [5, 5.41) is 24.6. The van der Waals surface area contributed by atoms with Crippen LogP contribution >= 0.6 is 0 Å². The normalized spacial score (nSPS) is 22.8. The van der Waals surface area contributed by atoms with Crippen LogP contribution in [0.5, 0.6) is 0 Å². The molecule has 1 aromatic heterocycles. The van der Waals surface area contributed by atoms with Gasteiger partial charge in [0.25, 0.3) is 5.91 Å². The Morgan fingerprint density at radius 1 is 1.25 bits per heavy atom. The summed E-state index contributed by atoms with van der Waals surface area (Å²) in [7, 11) is 0. The molecule has 4 atom stereocenters. The molecular weight excluding hydrogens is 412 g/mol. The number of carbonyl (C=O) groups is 1. The van der Waals surface area contributed by atoms with Crippen LogP contribution in [0.15, 0.2) is 53.5 Å². The molecule has 0 aliphatic carbocycles. The third kappa shape index (κ3) is 4.22. The molecule has 32 heavy (non-hydrogen) atoms. The van der Waals surface area contributed by atoms with Crippen LogP contribution in [-0.4, -0.2) is 51.0 Å². The zero-order valence-corrected chi connectivity index (χ0v) is 17.6. The van der Waals surface area contributed by atoms with Gasteiger partial charge in [-0.3, -0.25) is 9.36 Å². The van der Waals surface area contributed by atoms with Gasteiger partial charge >= 0.3 is 5.69 Å². The van der Waals surface area contributed by atoms with E-state index in [1.807, 2.05) is 36.4 Å². The molecule has 2 heterocycles. The predicted molar refractivity (Wildman–Crippen MR) is 119 cm³/mol. The van der Waals surface area contributed by atoms with Gasteiger partial charge in [0.15, 0.2) is 0 Å². The van der Waals surface area contributed by atoms with Crippen LogP contribution in [-0.2, 0) is 11.2 Å². The van der Waals surface area contributed by atoms with Crippen LogP contribution in [0.2, 0.25) is 0 Å². The molecule has 9 heteroatoms. The van der Waals surface area contributed by atoms with Gasteiger partial charge in [-0.1, -0.05) is 49.4 Å². The average Bonchev–Trinajstić information content (AvgIpc) is 3.07. The molecule has 0 radical (unpaired) electrons. The number of anilines is 1. The summed E-state index contributed by atoms with van der Waals surface area (Å²) in [6, 6.07) is 14.2. The number of nitrogens with two attached hydrogens (primary N) is 1. The van der Waals surface area contributed by atoms with Crippen molar-refractivity contribution in [1.82, 2.24) is 14.9 Å². The van der Waals surface area contributed by atoms with Gasteiger partial charge in [-0.2, -0.15) is 4.98 Å². The summed E-state index contributed by atoms with van der Waals surface area (Å²) in [6.45, 7) is 1.68. The van der Waals surface area contributed by atoms with Gasteiger partial charge < -0.3 is 26.0 Å². The van der Waals surface area contributed by atoms with E-state index in [4.69, 9.17) is 10.5 Å². The maximum atomic E-state index is 12.7. The van der Waals surface area contributed by atoms with Gasteiger partial charge in [0, 0.05) is 18.7 Å². The lowest BCUT2D eigenvalue weighted by molar-refractivity contribution is -0.0476. The topological polar surface area (TPSA) is 140 Å². The molecule has 5 N–H and O–H groups in total. The molecule has 2 aromatic carbocycles. The van der Waals surface area contributed by atoms with Gasteiger partial charge in [-0.15, -0.1) is 0 Å². The highest BCUT2D eigenvalue weighted by atomic mass is 16.5. The van der Waals surface area contributed by atoms with Crippen molar-refractivity contribution < 1.29 is 19.7 Å². The van der Waals surface area contributed by atoms with Crippen LogP contribution in [0.4, 0.5) is 5.82 Å². The minimum Gasteiger partial charge on any atom is -0.394 e. The van der Waals surface area contributed by atoms with E-state index < -0.39 is 36.0 Å². The van der Waals surface area contributed by atoms with E-state index >= 15 is 0 Å². The fraction of sp³-hybridized carbons (Fsp3) is 0.348. The summed E-state index contributed by atoms with van der Waals surface area (Å²) in [6.07, 6.45) is -0.723. The summed E-state index contributed by atoms with van der Waals surface area (Å²) in [5.41, 5.74) is 6.26. The molecule has 0 saturated carbocycles. The van der Waals surface area contributed by atoms with Crippen LogP contribution in [0.25, 0.3) is 10.8 Å². The summed E-state index contributed by atoms with van der Waals surface area (Å²) < 4.78 is 6.74. The monoisotopic (exact) mass is 438 g/mol. The van der Waals surface area contributed by atoms with Crippen LogP contribution in [0, 0.1) is 5.92 Å². The minimum absolute atomic E-state index is 0.0425. The summed E-state index contributed by atoms with van der Waals surface area (Å²) in [5.74, 6) is -1.13. The number of rotatable bonds is 6.